The van der Waals surface area contributed by atoms with Crippen molar-refractivity contribution in [3.8, 4) is 0 Å². The van der Waals surface area contributed by atoms with Gasteiger partial charge in [-0.15, -0.1) is 6.58 Å². The highest BCUT2D eigenvalue weighted by Crippen LogP contribution is 2.13. The molecular weight excluding hydrogens is 271 g/mol. The first kappa shape index (κ1) is 17.4. The Bertz CT molecular complexity index is 319. The van der Waals surface area contributed by atoms with E-state index in [-0.39, 0.29) is 13.2 Å². The summed E-state index contributed by atoms with van der Waals surface area (Å²) < 4.78 is 44.1. The third kappa shape index (κ3) is 10.0. The number of halogens is 3. The molecule has 0 spiro atoms. The molecule has 0 heterocycles. The molecule has 0 fully saturated rings. The zero-order chi connectivity index (χ0) is 14.9. The molecule has 1 atom stereocenters. The lowest BCUT2D eigenvalue weighted by atomic mass is 10.3. The van der Waals surface area contributed by atoms with Crippen molar-refractivity contribution in [2.45, 2.75) is 12.2 Å². The van der Waals surface area contributed by atoms with Crippen LogP contribution in [0, 0.1) is 0 Å². The molecule has 0 aliphatic heterocycles. The standard InChI is InChI=1S/C10H14F3NO5/c1-2-3-18-4-7(9(16)17)14-8(15)5-19-6-10(11,12)13/h2,7H,1,3-6H2,(H,14,15)(H,16,17). The summed E-state index contributed by atoms with van der Waals surface area (Å²) in [6, 6.07) is -1.36. The van der Waals surface area contributed by atoms with Crippen LogP contribution in [0.5, 0.6) is 0 Å². The molecule has 9 heteroatoms. The Labute approximate surface area is 107 Å². The van der Waals surface area contributed by atoms with Crippen LogP contribution < -0.4 is 5.32 Å². The number of nitrogens with one attached hydrogen (secondary N) is 1. The minimum atomic E-state index is -4.54. The van der Waals surface area contributed by atoms with E-state index >= 15 is 0 Å². The molecule has 6 nitrogen and oxygen atoms in total. The Hall–Kier alpha value is -1.61. The summed E-state index contributed by atoms with van der Waals surface area (Å²) in [6.07, 6.45) is -3.16. The molecule has 0 rings (SSSR count). The average molecular weight is 285 g/mol. The van der Waals surface area contributed by atoms with E-state index in [2.05, 4.69) is 11.3 Å². The Kier molecular flexibility index (Phi) is 7.77. The minimum Gasteiger partial charge on any atom is -0.480 e. The normalized spacial score (nSPS) is 12.8. The van der Waals surface area contributed by atoms with Crippen LogP contribution in [-0.2, 0) is 19.1 Å². The predicted octanol–water partition coefficient (Wildman–Crippen LogP) is 0.337. The number of amides is 1. The number of hydrogen-bond acceptors (Lipinski definition) is 4. The van der Waals surface area contributed by atoms with Crippen molar-refractivity contribution in [3.05, 3.63) is 12.7 Å². The van der Waals surface area contributed by atoms with Crippen LogP contribution in [0.2, 0.25) is 0 Å². The number of rotatable bonds is 9. The van der Waals surface area contributed by atoms with Gasteiger partial charge in [0.1, 0.15) is 13.2 Å². The number of carboxylic acid groups (broad SMARTS) is 1. The summed E-state index contributed by atoms with van der Waals surface area (Å²) in [5, 5.41) is 10.7. The fourth-order valence-electron chi connectivity index (χ4n) is 0.939. The lowest BCUT2D eigenvalue weighted by molar-refractivity contribution is -0.176. The van der Waals surface area contributed by atoms with Gasteiger partial charge in [0, 0.05) is 0 Å². The highest BCUT2D eigenvalue weighted by molar-refractivity contribution is 5.84. The topological polar surface area (TPSA) is 84.9 Å². The summed E-state index contributed by atoms with van der Waals surface area (Å²) in [5.41, 5.74) is 0. The fourth-order valence-corrected chi connectivity index (χ4v) is 0.939. The number of carbonyl (C=O) groups excluding carboxylic acids is 1. The molecule has 0 bridgehead atoms. The van der Waals surface area contributed by atoms with Crippen LogP contribution in [0.1, 0.15) is 0 Å². The molecule has 19 heavy (non-hydrogen) atoms. The van der Waals surface area contributed by atoms with Crippen LogP contribution in [0.15, 0.2) is 12.7 Å². The van der Waals surface area contributed by atoms with Crippen molar-refractivity contribution in [2.24, 2.45) is 0 Å². The van der Waals surface area contributed by atoms with Crippen LogP contribution in [0.25, 0.3) is 0 Å². The van der Waals surface area contributed by atoms with Crippen molar-refractivity contribution in [2.75, 3.05) is 26.4 Å². The average Bonchev–Trinajstić information content (AvgIpc) is 2.26. The summed E-state index contributed by atoms with van der Waals surface area (Å²) in [6.45, 7) is 0.639. The van der Waals surface area contributed by atoms with Crippen LogP contribution >= 0.6 is 0 Å². The molecule has 110 valence electrons. The van der Waals surface area contributed by atoms with Gasteiger partial charge in [-0.2, -0.15) is 13.2 Å². The van der Waals surface area contributed by atoms with E-state index in [0.29, 0.717) is 0 Å². The molecule has 0 aliphatic rings. The van der Waals surface area contributed by atoms with Crippen molar-refractivity contribution < 1.29 is 37.3 Å². The first-order valence-electron chi connectivity index (χ1n) is 5.11. The lowest BCUT2D eigenvalue weighted by Crippen LogP contribution is -2.45. The van der Waals surface area contributed by atoms with Gasteiger partial charge >= 0.3 is 12.1 Å². The SMILES string of the molecule is C=CCOCC(NC(=O)COCC(F)(F)F)C(=O)O. The molecule has 0 radical (unpaired) electrons. The third-order valence-electron chi connectivity index (χ3n) is 1.65. The van der Waals surface area contributed by atoms with Crippen molar-refractivity contribution >= 4 is 11.9 Å². The maximum Gasteiger partial charge on any atom is 0.411 e. The number of ether oxygens (including phenoxy) is 2. The molecular formula is C10H14F3NO5. The van der Waals surface area contributed by atoms with Crippen LogP contribution in [0.4, 0.5) is 13.2 Å². The Morgan fingerprint density at radius 2 is 2.00 bits per heavy atom. The zero-order valence-corrected chi connectivity index (χ0v) is 9.90. The zero-order valence-electron chi connectivity index (χ0n) is 9.90. The Balaban J connectivity index is 4.03. The molecule has 0 aromatic heterocycles. The number of carboxylic acids is 1. The van der Waals surface area contributed by atoms with Gasteiger partial charge in [0.2, 0.25) is 5.91 Å². The molecule has 2 N–H and O–H groups in total. The summed E-state index contributed by atoms with van der Waals surface area (Å²) in [5.74, 6) is -2.34. The number of aliphatic carboxylic acids is 1. The van der Waals surface area contributed by atoms with Gasteiger partial charge in [-0.3, -0.25) is 4.79 Å². The van der Waals surface area contributed by atoms with Gasteiger partial charge in [0.05, 0.1) is 13.2 Å². The van der Waals surface area contributed by atoms with Gasteiger partial charge in [-0.05, 0) is 0 Å². The largest absolute Gasteiger partial charge is 0.480 e. The van der Waals surface area contributed by atoms with Crippen LogP contribution in [0.3, 0.4) is 0 Å². The van der Waals surface area contributed by atoms with Crippen LogP contribution in [-0.4, -0.2) is 55.6 Å². The van der Waals surface area contributed by atoms with E-state index < -0.39 is 37.3 Å². The number of carbonyl (C=O) groups is 2. The highest BCUT2D eigenvalue weighted by atomic mass is 19.4. The third-order valence-corrected chi connectivity index (χ3v) is 1.65. The van der Waals surface area contributed by atoms with Gasteiger partial charge in [-0.25, -0.2) is 4.79 Å². The highest BCUT2D eigenvalue weighted by Gasteiger charge is 2.28. The molecule has 1 amide bonds. The summed E-state index contributed by atoms with van der Waals surface area (Å²) >= 11 is 0. The van der Waals surface area contributed by atoms with Crippen molar-refractivity contribution in [1.29, 1.82) is 0 Å². The van der Waals surface area contributed by atoms with Crippen molar-refractivity contribution in [1.82, 2.24) is 5.32 Å². The van der Waals surface area contributed by atoms with E-state index in [1.165, 1.54) is 6.08 Å². The smallest absolute Gasteiger partial charge is 0.411 e. The van der Waals surface area contributed by atoms with E-state index in [1.54, 1.807) is 0 Å². The molecule has 0 aliphatic carbocycles. The second-order valence-electron chi connectivity index (χ2n) is 3.39. The molecule has 0 aromatic carbocycles. The maximum absolute atomic E-state index is 11.7. The molecule has 1 unspecified atom stereocenters. The van der Waals surface area contributed by atoms with E-state index in [0.717, 1.165) is 0 Å². The fraction of sp³-hybridized carbons (Fsp3) is 0.600. The Morgan fingerprint density at radius 1 is 1.37 bits per heavy atom. The summed E-state index contributed by atoms with van der Waals surface area (Å²) in [7, 11) is 0. The van der Waals surface area contributed by atoms with Gasteiger partial charge in [-0.1, -0.05) is 6.08 Å². The second-order valence-corrected chi connectivity index (χ2v) is 3.39. The monoisotopic (exact) mass is 285 g/mol. The second kappa shape index (κ2) is 8.48. The maximum atomic E-state index is 11.7. The first-order chi connectivity index (χ1) is 8.76. The first-order valence-corrected chi connectivity index (χ1v) is 5.11. The van der Waals surface area contributed by atoms with E-state index in [4.69, 9.17) is 9.84 Å². The molecule has 0 aromatic rings. The Morgan fingerprint density at radius 3 is 2.47 bits per heavy atom. The lowest BCUT2D eigenvalue weighted by Gasteiger charge is -2.14. The number of hydrogen-bond donors (Lipinski definition) is 2. The minimum absolute atomic E-state index is 0.0875. The molecule has 0 saturated heterocycles. The van der Waals surface area contributed by atoms with Gasteiger partial charge in [0.25, 0.3) is 0 Å². The van der Waals surface area contributed by atoms with Gasteiger partial charge in [0.15, 0.2) is 6.04 Å². The molecule has 0 saturated carbocycles. The predicted molar refractivity (Wildman–Crippen MR) is 57.5 cm³/mol. The quantitative estimate of drug-likeness (QED) is 0.471. The van der Waals surface area contributed by atoms with Crippen molar-refractivity contribution in [3.63, 3.8) is 0 Å². The van der Waals surface area contributed by atoms with Gasteiger partial charge < -0.3 is 19.9 Å². The van der Waals surface area contributed by atoms with E-state index in [9.17, 15) is 22.8 Å². The number of alkyl halides is 3. The summed E-state index contributed by atoms with van der Waals surface area (Å²) in [4.78, 5) is 21.9. The van der Waals surface area contributed by atoms with E-state index in [1.807, 2.05) is 5.32 Å².